The molecule has 0 radical (unpaired) electrons. The molecule has 0 bridgehead atoms. The van der Waals surface area contributed by atoms with Crippen LogP contribution in [0.25, 0.3) is 34.1 Å². The van der Waals surface area contributed by atoms with Crippen LogP contribution in [0.1, 0.15) is 39.1 Å². The van der Waals surface area contributed by atoms with E-state index in [1.54, 1.807) is 16.8 Å². The van der Waals surface area contributed by atoms with Crippen LogP contribution in [0, 0.1) is 0 Å². The Kier molecular flexibility index (Phi) is 6.05. The Bertz CT molecular complexity index is 1320. The molecule has 8 heteroatoms. The van der Waals surface area contributed by atoms with Gasteiger partial charge in [0.05, 0.1) is 16.4 Å². The molecule has 4 aromatic rings. The monoisotopic (exact) mass is 530 g/mol. The van der Waals surface area contributed by atoms with Crippen LogP contribution in [-0.2, 0) is 5.41 Å². The molecule has 4 rings (SSSR count). The molecule has 32 heavy (non-hydrogen) atoms. The zero-order chi connectivity index (χ0) is 23.2. The van der Waals surface area contributed by atoms with E-state index in [1.807, 2.05) is 58.0 Å². The van der Waals surface area contributed by atoms with E-state index < -0.39 is 0 Å². The van der Waals surface area contributed by atoms with E-state index in [-0.39, 0.29) is 5.41 Å². The van der Waals surface area contributed by atoms with E-state index in [2.05, 4.69) is 32.7 Å². The zero-order valence-corrected chi connectivity index (χ0v) is 21.2. The fourth-order valence-corrected chi connectivity index (χ4v) is 4.05. The van der Waals surface area contributed by atoms with Gasteiger partial charge in [0.25, 0.3) is 5.89 Å². The Hall–Kier alpha value is -2.41. The minimum absolute atomic E-state index is 0.286. The van der Waals surface area contributed by atoms with Gasteiger partial charge in [-0.1, -0.05) is 78.6 Å². The standard InChI is InChI=1S/C24H21BrCl2N4O/c1-13(2)19-20(22-28-29-23(32-22)24(3,4)5)30-31(18-11-10-16(26)12-17(18)27)21(19)14-6-8-15(25)9-7-14/h6-12H,1H2,2-5H3. The van der Waals surface area contributed by atoms with E-state index in [0.29, 0.717) is 33.2 Å². The summed E-state index contributed by atoms with van der Waals surface area (Å²) < 4.78 is 8.79. The summed E-state index contributed by atoms with van der Waals surface area (Å²) in [5, 5.41) is 14.4. The Labute approximate surface area is 205 Å². The number of allylic oxidation sites excluding steroid dienone is 1. The summed E-state index contributed by atoms with van der Waals surface area (Å²) in [6, 6.07) is 13.3. The lowest BCUT2D eigenvalue weighted by molar-refractivity contribution is 0.398. The highest BCUT2D eigenvalue weighted by molar-refractivity contribution is 9.10. The first kappa shape index (κ1) is 22.8. The van der Waals surface area contributed by atoms with E-state index >= 15 is 0 Å². The van der Waals surface area contributed by atoms with Crippen molar-refractivity contribution in [1.29, 1.82) is 0 Å². The van der Waals surface area contributed by atoms with Gasteiger partial charge in [-0.05, 0) is 42.8 Å². The molecule has 0 aliphatic carbocycles. The minimum atomic E-state index is -0.286. The van der Waals surface area contributed by atoms with Crippen LogP contribution in [0.3, 0.4) is 0 Å². The molecule has 0 fully saturated rings. The van der Waals surface area contributed by atoms with Crippen molar-refractivity contribution in [3.63, 3.8) is 0 Å². The summed E-state index contributed by atoms with van der Waals surface area (Å²) >= 11 is 16.2. The third-order valence-electron chi connectivity index (χ3n) is 4.84. The molecule has 164 valence electrons. The molecule has 0 atom stereocenters. The number of rotatable bonds is 4. The van der Waals surface area contributed by atoms with Crippen molar-refractivity contribution < 1.29 is 4.42 Å². The Morgan fingerprint density at radius 2 is 1.75 bits per heavy atom. The summed E-state index contributed by atoms with van der Waals surface area (Å²) in [5.74, 6) is 0.861. The van der Waals surface area contributed by atoms with E-state index in [9.17, 15) is 0 Å². The molecular weight excluding hydrogens is 511 g/mol. The van der Waals surface area contributed by atoms with Gasteiger partial charge in [-0.15, -0.1) is 10.2 Å². The van der Waals surface area contributed by atoms with Gasteiger partial charge in [0, 0.05) is 26.0 Å². The Morgan fingerprint density at radius 3 is 2.31 bits per heavy atom. The zero-order valence-electron chi connectivity index (χ0n) is 18.1. The van der Waals surface area contributed by atoms with E-state index in [0.717, 1.165) is 26.9 Å². The number of aromatic nitrogens is 4. The number of hydrogen-bond acceptors (Lipinski definition) is 4. The van der Waals surface area contributed by atoms with Gasteiger partial charge in [-0.2, -0.15) is 5.10 Å². The summed E-state index contributed by atoms with van der Waals surface area (Å²) in [5.41, 5.74) is 4.31. The largest absolute Gasteiger partial charge is 0.419 e. The molecule has 2 aromatic heterocycles. The highest BCUT2D eigenvalue weighted by atomic mass is 79.9. The summed E-state index contributed by atoms with van der Waals surface area (Å²) in [7, 11) is 0. The third-order valence-corrected chi connectivity index (χ3v) is 5.90. The van der Waals surface area contributed by atoms with Gasteiger partial charge in [-0.25, -0.2) is 4.68 Å². The van der Waals surface area contributed by atoms with Crippen LogP contribution in [0.4, 0.5) is 0 Å². The SMILES string of the molecule is C=C(C)c1c(-c2nnc(C(C)(C)C)o2)nn(-c2ccc(Cl)cc2Cl)c1-c1ccc(Br)cc1. The van der Waals surface area contributed by atoms with Crippen LogP contribution >= 0.6 is 39.1 Å². The van der Waals surface area contributed by atoms with Crippen molar-refractivity contribution in [2.75, 3.05) is 0 Å². The molecule has 2 heterocycles. The molecule has 0 N–H and O–H groups in total. The lowest BCUT2D eigenvalue weighted by Crippen LogP contribution is -2.11. The van der Waals surface area contributed by atoms with Crippen molar-refractivity contribution in [1.82, 2.24) is 20.0 Å². The maximum atomic E-state index is 6.57. The maximum Gasteiger partial charge on any atom is 0.268 e. The Balaban J connectivity index is 2.04. The van der Waals surface area contributed by atoms with Crippen LogP contribution in [0.2, 0.25) is 10.0 Å². The fraction of sp³-hybridized carbons (Fsp3) is 0.208. The maximum absolute atomic E-state index is 6.57. The first-order valence-electron chi connectivity index (χ1n) is 9.91. The lowest BCUT2D eigenvalue weighted by atomic mass is 9.97. The number of hydrogen-bond donors (Lipinski definition) is 0. The van der Waals surface area contributed by atoms with Gasteiger partial charge >= 0.3 is 0 Å². The van der Waals surface area contributed by atoms with Crippen LogP contribution in [0.5, 0.6) is 0 Å². The molecule has 0 amide bonds. The highest BCUT2D eigenvalue weighted by Crippen LogP contribution is 2.40. The number of halogens is 3. The van der Waals surface area contributed by atoms with Gasteiger partial charge in [-0.3, -0.25) is 0 Å². The van der Waals surface area contributed by atoms with Gasteiger partial charge in [0.1, 0.15) is 0 Å². The summed E-state index contributed by atoms with van der Waals surface area (Å²) in [6.07, 6.45) is 0. The summed E-state index contributed by atoms with van der Waals surface area (Å²) in [4.78, 5) is 0. The smallest absolute Gasteiger partial charge is 0.268 e. The predicted molar refractivity (Wildman–Crippen MR) is 133 cm³/mol. The minimum Gasteiger partial charge on any atom is -0.419 e. The number of benzene rings is 2. The van der Waals surface area contributed by atoms with Crippen LogP contribution in [0.15, 0.2) is 57.9 Å². The molecule has 2 aromatic carbocycles. The van der Waals surface area contributed by atoms with E-state index in [1.165, 1.54) is 0 Å². The molecule has 0 aliphatic rings. The van der Waals surface area contributed by atoms with Crippen molar-refractivity contribution in [3.8, 4) is 28.5 Å². The van der Waals surface area contributed by atoms with Crippen molar-refractivity contribution >= 4 is 44.7 Å². The quantitative estimate of drug-likeness (QED) is 0.267. The molecule has 0 saturated heterocycles. The second kappa shape index (κ2) is 8.50. The Morgan fingerprint density at radius 1 is 1.06 bits per heavy atom. The van der Waals surface area contributed by atoms with Crippen molar-refractivity contribution in [2.45, 2.75) is 33.1 Å². The van der Waals surface area contributed by atoms with Crippen molar-refractivity contribution in [3.05, 3.63) is 75.0 Å². The molecule has 0 spiro atoms. The second-order valence-electron chi connectivity index (χ2n) is 8.53. The van der Waals surface area contributed by atoms with Gasteiger partial charge in [0.2, 0.25) is 5.89 Å². The van der Waals surface area contributed by atoms with Crippen LogP contribution in [-0.4, -0.2) is 20.0 Å². The van der Waals surface area contributed by atoms with Crippen molar-refractivity contribution in [2.24, 2.45) is 0 Å². The predicted octanol–water partition coefficient (Wildman–Crippen LogP) is 7.99. The first-order valence-corrected chi connectivity index (χ1v) is 11.5. The average Bonchev–Trinajstić information content (AvgIpc) is 3.33. The third kappa shape index (κ3) is 4.27. The number of nitrogens with zero attached hydrogens (tertiary/aromatic N) is 4. The molecule has 0 unspecified atom stereocenters. The molecule has 5 nitrogen and oxygen atoms in total. The fourth-order valence-electron chi connectivity index (χ4n) is 3.30. The normalized spacial score (nSPS) is 11.7. The van der Waals surface area contributed by atoms with Gasteiger partial charge in [0.15, 0.2) is 5.69 Å². The highest BCUT2D eigenvalue weighted by Gasteiger charge is 2.28. The average molecular weight is 532 g/mol. The molecular formula is C24H21BrCl2N4O. The summed E-state index contributed by atoms with van der Waals surface area (Å²) in [6.45, 7) is 12.2. The molecule has 0 saturated carbocycles. The second-order valence-corrected chi connectivity index (χ2v) is 10.3. The first-order chi connectivity index (χ1) is 15.1. The van der Waals surface area contributed by atoms with Gasteiger partial charge < -0.3 is 4.42 Å². The molecule has 0 aliphatic heterocycles. The topological polar surface area (TPSA) is 56.7 Å². The van der Waals surface area contributed by atoms with Crippen LogP contribution < -0.4 is 0 Å². The lowest BCUT2D eigenvalue weighted by Gasteiger charge is -2.12. The van der Waals surface area contributed by atoms with E-state index in [4.69, 9.17) is 32.7 Å².